The van der Waals surface area contributed by atoms with Crippen LogP contribution < -0.4 is 9.64 Å². The van der Waals surface area contributed by atoms with Gasteiger partial charge in [0.2, 0.25) is 5.91 Å². The van der Waals surface area contributed by atoms with Crippen molar-refractivity contribution in [3.63, 3.8) is 0 Å². The fourth-order valence-electron chi connectivity index (χ4n) is 7.02. The van der Waals surface area contributed by atoms with Gasteiger partial charge in [-0.25, -0.2) is 4.98 Å². The second-order valence-electron chi connectivity index (χ2n) is 12.4. The Labute approximate surface area is 256 Å². The van der Waals surface area contributed by atoms with E-state index in [1.807, 2.05) is 38.1 Å². The zero-order valence-corrected chi connectivity index (χ0v) is 26.1. The van der Waals surface area contributed by atoms with Crippen molar-refractivity contribution in [2.75, 3.05) is 44.7 Å². The minimum atomic E-state index is -1.25. The van der Waals surface area contributed by atoms with Gasteiger partial charge in [0.05, 0.1) is 5.69 Å². The molecule has 0 spiro atoms. The van der Waals surface area contributed by atoms with Crippen LogP contribution >= 0.6 is 11.3 Å². The number of aliphatic hydroxyl groups is 2. The van der Waals surface area contributed by atoms with Gasteiger partial charge >= 0.3 is 0 Å². The fourth-order valence-corrected chi connectivity index (χ4v) is 7.87. The third-order valence-corrected chi connectivity index (χ3v) is 10.4. The number of nitrogens with zero attached hydrogens (tertiary/aromatic N) is 4. The van der Waals surface area contributed by atoms with Crippen molar-refractivity contribution >= 4 is 28.3 Å². The summed E-state index contributed by atoms with van der Waals surface area (Å²) in [6.45, 7) is 9.17. The van der Waals surface area contributed by atoms with Crippen LogP contribution in [0, 0.1) is 38.5 Å². The summed E-state index contributed by atoms with van der Waals surface area (Å²) in [5.41, 5.74) is 6.48. The SMILES string of the molecule is Cc1ccc(OCc2c(C)cc(C(=O)N3CCN(C)C(=O)C3)cc2C)c(-c2csc(N3C[C@H]4CC[C@@H](C3)[C@H]4C(O)O)n2)c1. The van der Waals surface area contributed by atoms with Gasteiger partial charge in [-0.05, 0) is 86.4 Å². The topological polar surface area (TPSA) is 106 Å². The third kappa shape index (κ3) is 5.88. The van der Waals surface area contributed by atoms with Gasteiger partial charge in [0, 0.05) is 55.7 Å². The molecule has 2 saturated heterocycles. The fraction of sp³-hybridized carbons (Fsp3) is 0.485. The van der Waals surface area contributed by atoms with Crippen molar-refractivity contribution in [2.24, 2.45) is 17.8 Å². The molecule has 2 N–H and O–H groups in total. The van der Waals surface area contributed by atoms with Crippen LogP contribution in [-0.4, -0.2) is 82.9 Å². The number of aryl methyl sites for hydroxylation is 3. The first kappa shape index (κ1) is 29.6. The predicted molar refractivity (Wildman–Crippen MR) is 166 cm³/mol. The largest absolute Gasteiger partial charge is 0.488 e. The number of aliphatic hydroxyl groups excluding tert-OH is 1. The average Bonchev–Trinajstić information content (AvgIpc) is 3.57. The van der Waals surface area contributed by atoms with E-state index >= 15 is 0 Å². The summed E-state index contributed by atoms with van der Waals surface area (Å²) in [4.78, 5) is 35.9. The molecule has 1 aliphatic carbocycles. The van der Waals surface area contributed by atoms with Gasteiger partial charge in [0.25, 0.3) is 5.91 Å². The molecular formula is C33H40N4O5S. The van der Waals surface area contributed by atoms with E-state index in [9.17, 15) is 19.8 Å². The number of carbonyl (C=O) groups excluding carboxylic acids is 2. The highest BCUT2D eigenvalue weighted by molar-refractivity contribution is 7.14. The summed E-state index contributed by atoms with van der Waals surface area (Å²) in [5.74, 6) is 1.10. The van der Waals surface area contributed by atoms with E-state index in [0.29, 0.717) is 25.3 Å². The monoisotopic (exact) mass is 604 g/mol. The first-order valence-electron chi connectivity index (χ1n) is 15.0. The van der Waals surface area contributed by atoms with E-state index in [2.05, 4.69) is 23.3 Å². The van der Waals surface area contributed by atoms with Crippen LogP contribution in [0.5, 0.6) is 5.75 Å². The van der Waals surface area contributed by atoms with Crippen molar-refractivity contribution in [1.82, 2.24) is 14.8 Å². The van der Waals surface area contributed by atoms with Gasteiger partial charge < -0.3 is 29.6 Å². The minimum absolute atomic E-state index is 0.0393. The molecular weight excluding hydrogens is 564 g/mol. The Balaban J connectivity index is 1.17. The van der Waals surface area contributed by atoms with Crippen molar-refractivity contribution in [2.45, 2.75) is 46.5 Å². The number of piperazine rings is 1. The number of rotatable bonds is 7. The molecule has 3 heterocycles. The lowest BCUT2D eigenvalue weighted by Crippen LogP contribution is -2.50. The van der Waals surface area contributed by atoms with Crippen molar-refractivity contribution < 1.29 is 24.5 Å². The second-order valence-corrected chi connectivity index (χ2v) is 13.3. The number of benzene rings is 2. The number of aromatic nitrogens is 1. The Morgan fingerprint density at radius 1 is 1.07 bits per heavy atom. The van der Waals surface area contributed by atoms with Gasteiger partial charge in [-0.2, -0.15) is 0 Å². The zero-order valence-electron chi connectivity index (χ0n) is 25.2. The van der Waals surface area contributed by atoms with Gasteiger partial charge in [-0.15, -0.1) is 11.3 Å². The van der Waals surface area contributed by atoms with Crippen molar-refractivity contribution in [1.29, 1.82) is 0 Å². The number of hydrogen-bond donors (Lipinski definition) is 2. The molecule has 43 heavy (non-hydrogen) atoms. The highest BCUT2D eigenvalue weighted by Crippen LogP contribution is 2.45. The Kier molecular flexibility index (Phi) is 8.19. The summed E-state index contributed by atoms with van der Waals surface area (Å²) in [5, 5.41) is 22.8. The molecule has 3 aliphatic rings. The second kappa shape index (κ2) is 11.9. The smallest absolute Gasteiger partial charge is 0.254 e. The van der Waals surface area contributed by atoms with Gasteiger partial charge in [0.15, 0.2) is 11.4 Å². The van der Waals surface area contributed by atoms with Crippen LogP contribution in [0.25, 0.3) is 11.3 Å². The molecule has 10 heteroatoms. The third-order valence-electron chi connectivity index (χ3n) is 9.48. The first-order chi connectivity index (χ1) is 20.6. The highest BCUT2D eigenvalue weighted by atomic mass is 32.1. The standard InChI is InChI=1S/C33H40N4O5S/c1-19-5-8-28(25(11-19)27-18-43-33(34-27)37-14-22-6-7-23(15-37)30(22)32(40)41)42-17-26-20(2)12-24(13-21(26)3)31(39)36-10-9-35(4)29(38)16-36/h5,8,11-13,18,22-23,30,32,40-41H,6-7,9-10,14-17H2,1-4H3/t22-,23+,30+. The van der Waals surface area contributed by atoms with Crippen molar-refractivity contribution in [3.05, 3.63) is 63.5 Å². The van der Waals surface area contributed by atoms with Crippen LogP contribution in [0.3, 0.4) is 0 Å². The molecule has 2 amide bonds. The molecule has 228 valence electrons. The van der Waals surface area contributed by atoms with E-state index in [1.54, 1.807) is 28.2 Å². The van der Waals surface area contributed by atoms with Crippen LogP contribution in [0.1, 0.15) is 45.5 Å². The molecule has 2 bridgehead atoms. The summed E-state index contributed by atoms with van der Waals surface area (Å²) in [6, 6.07) is 9.92. The number of likely N-dealkylation sites (N-methyl/N-ethyl adjacent to an activating group) is 1. The molecule has 2 aliphatic heterocycles. The van der Waals surface area contributed by atoms with E-state index in [1.165, 1.54) is 0 Å². The molecule has 1 saturated carbocycles. The van der Waals surface area contributed by atoms with E-state index in [4.69, 9.17) is 9.72 Å². The number of thiazole rings is 1. The molecule has 6 rings (SSSR count). The maximum Gasteiger partial charge on any atom is 0.254 e. The van der Waals surface area contributed by atoms with Crippen LogP contribution in [-0.2, 0) is 11.4 Å². The van der Waals surface area contributed by atoms with E-state index in [0.717, 1.165) is 70.3 Å². The van der Waals surface area contributed by atoms with Gasteiger partial charge in [-0.1, -0.05) is 11.6 Å². The quantitative estimate of drug-likeness (QED) is 0.393. The Hall–Kier alpha value is -3.47. The molecule has 9 nitrogen and oxygen atoms in total. The van der Waals surface area contributed by atoms with Crippen molar-refractivity contribution in [3.8, 4) is 17.0 Å². The molecule has 3 aromatic rings. The molecule has 1 aromatic heterocycles. The average molecular weight is 605 g/mol. The molecule has 0 unspecified atom stereocenters. The van der Waals surface area contributed by atoms with Crippen LogP contribution in [0.15, 0.2) is 35.7 Å². The summed E-state index contributed by atoms with van der Waals surface area (Å²) >= 11 is 1.62. The Morgan fingerprint density at radius 2 is 1.77 bits per heavy atom. The number of amides is 2. The minimum Gasteiger partial charge on any atom is -0.488 e. The Bertz CT molecular complexity index is 1500. The molecule has 2 aromatic carbocycles. The summed E-state index contributed by atoms with van der Waals surface area (Å²) in [6.07, 6.45) is 0.812. The number of piperidine rings is 1. The van der Waals surface area contributed by atoms with Crippen LogP contribution in [0.2, 0.25) is 0 Å². The predicted octanol–water partition coefficient (Wildman–Crippen LogP) is 4.00. The number of hydrogen-bond acceptors (Lipinski definition) is 8. The molecule has 3 atom stereocenters. The summed E-state index contributed by atoms with van der Waals surface area (Å²) in [7, 11) is 1.76. The summed E-state index contributed by atoms with van der Waals surface area (Å²) < 4.78 is 6.43. The lowest BCUT2D eigenvalue weighted by molar-refractivity contribution is -0.133. The van der Waals surface area contributed by atoms with Gasteiger partial charge in [-0.3, -0.25) is 9.59 Å². The zero-order chi connectivity index (χ0) is 30.4. The number of anilines is 1. The first-order valence-corrected chi connectivity index (χ1v) is 15.9. The number of ether oxygens (including phenoxy) is 1. The lowest BCUT2D eigenvalue weighted by atomic mass is 9.85. The highest BCUT2D eigenvalue weighted by Gasteiger charge is 2.45. The number of fused-ring (bicyclic) bond motifs is 2. The number of carbonyl (C=O) groups is 2. The van der Waals surface area contributed by atoms with Gasteiger partial charge in [0.1, 0.15) is 18.9 Å². The normalized spacial score (nSPS) is 22.1. The molecule has 0 radical (unpaired) electrons. The van der Waals surface area contributed by atoms with E-state index in [-0.39, 0.29) is 36.1 Å². The maximum absolute atomic E-state index is 13.2. The van der Waals surface area contributed by atoms with E-state index < -0.39 is 6.29 Å². The Morgan fingerprint density at radius 3 is 2.42 bits per heavy atom. The van der Waals surface area contributed by atoms with Crippen LogP contribution in [0.4, 0.5) is 5.13 Å². The molecule has 3 fully saturated rings. The lowest BCUT2D eigenvalue weighted by Gasteiger charge is -2.38. The maximum atomic E-state index is 13.2.